The first-order valence-corrected chi connectivity index (χ1v) is 5.70. The molecule has 0 aromatic rings. The van der Waals surface area contributed by atoms with Gasteiger partial charge in [-0.3, -0.25) is 0 Å². The molecule has 1 fully saturated rings. The van der Waals surface area contributed by atoms with Gasteiger partial charge in [-0.15, -0.1) is 0 Å². The Kier molecular flexibility index (Phi) is 4.53. The lowest BCUT2D eigenvalue weighted by Crippen LogP contribution is -2.44. The van der Waals surface area contributed by atoms with E-state index in [-0.39, 0.29) is 5.92 Å². The molecule has 5 heteroatoms. The fourth-order valence-electron chi connectivity index (χ4n) is 1.63. The lowest BCUT2D eigenvalue weighted by atomic mass is 9.96. The van der Waals surface area contributed by atoms with Gasteiger partial charge in [0.15, 0.2) is 0 Å². The van der Waals surface area contributed by atoms with E-state index in [2.05, 4.69) is 10.6 Å². The summed E-state index contributed by atoms with van der Waals surface area (Å²) in [6.07, 6.45) is -0.612. The highest BCUT2D eigenvalue weighted by Gasteiger charge is 2.25. The van der Waals surface area contributed by atoms with Crippen LogP contribution in [0.4, 0.5) is 9.18 Å². The van der Waals surface area contributed by atoms with E-state index in [1.807, 2.05) is 0 Å². The normalized spacial score (nSPS) is 26.2. The van der Waals surface area contributed by atoms with E-state index in [1.165, 1.54) is 0 Å². The Labute approximate surface area is 95.9 Å². The number of amides is 1. The molecule has 1 saturated heterocycles. The average Bonchev–Trinajstić information content (AvgIpc) is 2.14. The predicted molar refractivity (Wildman–Crippen MR) is 60.1 cm³/mol. The second kappa shape index (κ2) is 5.48. The number of piperidine rings is 1. The van der Waals surface area contributed by atoms with Crippen LogP contribution in [-0.4, -0.2) is 37.5 Å². The van der Waals surface area contributed by atoms with Crippen molar-refractivity contribution in [3.63, 3.8) is 0 Å². The average molecular weight is 232 g/mol. The van der Waals surface area contributed by atoms with Gasteiger partial charge in [-0.05, 0) is 33.7 Å². The van der Waals surface area contributed by atoms with Gasteiger partial charge in [-0.25, -0.2) is 9.18 Å². The van der Waals surface area contributed by atoms with Crippen molar-refractivity contribution in [1.82, 2.24) is 10.6 Å². The number of carbonyl (C=O) groups is 1. The smallest absolute Gasteiger partial charge is 0.407 e. The van der Waals surface area contributed by atoms with Gasteiger partial charge in [0.2, 0.25) is 0 Å². The molecule has 0 aliphatic carbocycles. The number of rotatable bonds is 2. The van der Waals surface area contributed by atoms with Crippen LogP contribution in [-0.2, 0) is 4.74 Å². The number of hydrogen-bond donors (Lipinski definition) is 2. The zero-order chi connectivity index (χ0) is 12.2. The van der Waals surface area contributed by atoms with E-state index in [1.54, 1.807) is 20.8 Å². The van der Waals surface area contributed by atoms with Crippen LogP contribution in [0.15, 0.2) is 0 Å². The number of nitrogens with one attached hydrogen (secondary N) is 2. The number of halogens is 1. The van der Waals surface area contributed by atoms with Crippen molar-refractivity contribution >= 4 is 6.09 Å². The highest BCUT2D eigenvalue weighted by atomic mass is 19.1. The highest BCUT2D eigenvalue weighted by molar-refractivity contribution is 5.67. The van der Waals surface area contributed by atoms with Gasteiger partial charge in [0.25, 0.3) is 0 Å². The molecule has 2 N–H and O–H groups in total. The summed E-state index contributed by atoms with van der Waals surface area (Å²) in [6.45, 7) is 6.93. The molecule has 16 heavy (non-hydrogen) atoms. The molecule has 0 aromatic heterocycles. The van der Waals surface area contributed by atoms with Crippen molar-refractivity contribution in [2.24, 2.45) is 5.92 Å². The first-order chi connectivity index (χ1) is 7.38. The fourth-order valence-corrected chi connectivity index (χ4v) is 1.63. The van der Waals surface area contributed by atoms with E-state index in [0.29, 0.717) is 13.1 Å². The molecule has 1 aliphatic heterocycles. The van der Waals surface area contributed by atoms with Gasteiger partial charge in [0, 0.05) is 19.0 Å². The number of alkyl halides is 1. The van der Waals surface area contributed by atoms with Crippen molar-refractivity contribution in [2.75, 3.05) is 19.6 Å². The molecule has 94 valence electrons. The molecule has 1 amide bonds. The van der Waals surface area contributed by atoms with E-state index in [4.69, 9.17) is 4.74 Å². The summed E-state index contributed by atoms with van der Waals surface area (Å²) >= 11 is 0. The number of alkyl carbamates (subject to hydrolysis) is 1. The summed E-state index contributed by atoms with van der Waals surface area (Å²) in [4.78, 5) is 11.3. The topological polar surface area (TPSA) is 50.4 Å². The number of carbonyl (C=O) groups excluding carboxylic acids is 1. The van der Waals surface area contributed by atoms with Crippen molar-refractivity contribution < 1.29 is 13.9 Å². The molecular weight excluding hydrogens is 211 g/mol. The van der Waals surface area contributed by atoms with E-state index in [0.717, 1.165) is 13.0 Å². The van der Waals surface area contributed by atoms with Crippen molar-refractivity contribution in [1.29, 1.82) is 0 Å². The van der Waals surface area contributed by atoms with Crippen molar-refractivity contribution in [3.8, 4) is 0 Å². The van der Waals surface area contributed by atoms with Crippen molar-refractivity contribution in [2.45, 2.75) is 39.0 Å². The van der Waals surface area contributed by atoms with Gasteiger partial charge in [0.05, 0.1) is 0 Å². The standard InChI is InChI=1S/C11H21FN2O2/c1-11(2,3)16-10(15)14-6-8-4-5-13-7-9(8)12/h8-9,13H,4-7H2,1-3H3,(H,14,15)/t8-,9+/m1/s1. The van der Waals surface area contributed by atoms with E-state index < -0.39 is 17.9 Å². The lowest BCUT2D eigenvalue weighted by Gasteiger charge is -2.27. The molecular formula is C11H21FN2O2. The molecule has 0 radical (unpaired) electrons. The summed E-state index contributed by atoms with van der Waals surface area (Å²) < 4.78 is 18.5. The Bertz CT molecular complexity index is 241. The molecule has 0 bridgehead atoms. The van der Waals surface area contributed by atoms with E-state index in [9.17, 15) is 9.18 Å². The largest absolute Gasteiger partial charge is 0.444 e. The van der Waals surface area contributed by atoms with Crippen LogP contribution in [0.3, 0.4) is 0 Å². The second-order valence-corrected chi connectivity index (χ2v) is 5.15. The summed E-state index contributed by atoms with van der Waals surface area (Å²) in [7, 11) is 0. The third-order valence-corrected chi connectivity index (χ3v) is 2.45. The highest BCUT2D eigenvalue weighted by Crippen LogP contribution is 2.15. The third-order valence-electron chi connectivity index (χ3n) is 2.45. The number of ether oxygens (including phenoxy) is 1. The third kappa shape index (κ3) is 4.79. The monoisotopic (exact) mass is 232 g/mol. The number of hydrogen-bond acceptors (Lipinski definition) is 3. The SMILES string of the molecule is CC(C)(C)OC(=O)NC[C@H]1CCNC[C@@H]1F. The fraction of sp³-hybridized carbons (Fsp3) is 0.909. The molecule has 0 aromatic carbocycles. The van der Waals surface area contributed by atoms with Crippen LogP contribution in [0.1, 0.15) is 27.2 Å². The Morgan fingerprint density at radius 2 is 2.25 bits per heavy atom. The van der Waals surface area contributed by atoms with Crippen LogP contribution in [0, 0.1) is 5.92 Å². The molecule has 1 heterocycles. The molecule has 2 atom stereocenters. The first-order valence-electron chi connectivity index (χ1n) is 5.70. The molecule has 1 rings (SSSR count). The summed E-state index contributed by atoms with van der Waals surface area (Å²) in [5, 5.41) is 5.58. The summed E-state index contributed by atoms with van der Waals surface area (Å²) in [5.74, 6) is -0.103. The molecule has 0 saturated carbocycles. The minimum Gasteiger partial charge on any atom is -0.444 e. The minimum absolute atomic E-state index is 0.103. The maximum atomic E-state index is 13.4. The van der Waals surface area contributed by atoms with Crippen molar-refractivity contribution in [3.05, 3.63) is 0 Å². The molecule has 0 unspecified atom stereocenters. The van der Waals surface area contributed by atoms with Crippen LogP contribution in [0.2, 0.25) is 0 Å². The maximum Gasteiger partial charge on any atom is 0.407 e. The van der Waals surface area contributed by atoms with Gasteiger partial charge in [0.1, 0.15) is 11.8 Å². The lowest BCUT2D eigenvalue weighted by molar-refractivity contribution is 0.0502. The van der Waals surface area contributed by atoms with Gasteiger partial charge in [-0.2, -0.15) is 0 Å². The zero-order valence-electron chi connectivity index (χ0n) is 10.2. The quantitative estimate of drug-likeness (QED) is 0.758. The Hall–Kier alpha value is -0.840. The Balaban J connectivity index is 2.25. The molecule has 4 nitrogen and oxygen atoms in total. The van der Waals surface area contributed by atoms with Crippen LogP contribution < -0.4 is 10.6 Å². The van der Waals surface area contributed by atoms with Gasteiger partial charge < -0.3 is 15.4 Å². The Morgan fingerprint density at radius 3 is 2.81 bits per heavy atom. The maximum absolute atomic E-state index is 13.4. The minimum atomic E-state index is -0.885. The van der Waals surface area contributed by atoms with Crippen LogP contribution in [0.5, 0.6) is 0 Å². The molecule has 1 aliphatic rings. The summed E-state index contributed by atoms with van der Waals surface area (Å²) in [6, 6.07) is 0. The van der Waals surface area contributed by atoms with Gasteiger partial charge >= 0.3 is 6.09 Å². The Morgan fingerprint density at radius 1 is 1.56 bits per heavy atom. The predicted octanol–water partition coefficient (Wildman–Crippen LogP) is 1.46. The van der Waals surface area contributed by atoms with Gasteiger partial charge in [-0.1, -0.05) is 0 Å². The van der Waals surface area contributed by atoms with E-state index >= 15 is 0 Å². The van der Waals surface area contributed by atoms with Crippen LogP contribution in [0.25, 0.3) is 0 Å². The summed E-state index contributed by atoms with van der Waals surface area (Å²) in [5.41, 5.74) is -0.507. The second-order valence-electron chi connectivity index (χ2n) is 5.15. The zero-order valence-corrected chi connectivity index (χ0v) is 10.2. The van der Waals surface area contributed by atoms with Crippen LogP contribution >= 0.6 is 0 Å². The molecule has 0 spiro atoms. The first kappa shape index (κ1) is 13.2.